The lowest BCUT2D eigenvalue weighted by atomic mass is 10.1. The highest BCUT2D eigenvalue weighted by molar-refractivity contribution is 6.22. The molecule has 2 N–H and O–H groups in total. The number of alkyl carbamates (subject to hydrolysis) is 1. The number of ether oxygens (including phenoxy) is 1. The second-order valence-electron chi connectivity index (χ2n) is 11.7. The minimum absolute atomic E-state index is 0.203. The molecule has 0 aliphatic carbocycles. The van der Waals surface area contributed by atoms with E-state index in [0.29, 0.717) is 74.0 Å². The van der Waals surface area contributed by atoms with E-state index in [9.17, 15) is 29.1 Å². The number of aliphatic hydroxyl groups excluding tert-OH is 1. The number of carbonyl (C=O) groups excluding carboxylic acids is 5. The summed E-state index contributed by atoms with van der Waals surface area (Å²) >= 11 is 0. The van der Waals surface area contributed by atoms with Crippen LogP contribution >= 0.6 is 0 Å². The molecule has 0 radical (unpaired) electrons. The highest BCUT2D eigenvalue weighted by Gasteiger charge is 2.36. The van der Waals surface area contributed by atoms with Crippen LogP contribution in [0.25, 0.3) is 0 Å². The van der Waals surface area contributed by atoms with Crippen LogP contribution in [0, 0.1) is 0 Å². The molecule has 11 nitrogen and oxygen atoms in total. The van der Waals surface area contributed by atoms with Crippen LogP contribution in [0.2, 0.25) is 0 Å². The maximum absolute atomic E-state index is 12.8. The van der Waals surface area contributed by atoms with Gasteiger partial charge in [0.1, 0.15) is 12.8 Å². The Labute approximate surface area is 274 Å². The predicted molar refractivity (Wildman–Crippen MR) is 174 cm³/mol. The Morgan fingerprint density at radius 3 is 1.62 bits per heavy atom. The van der Waals surface area contributed by atoms with Gasteiger partial charge in [-0.1, -0.05) is 61.0 Å². The van der Waals surface area contributed by atoms with Crippen LogP contribution in [-0.2, 0) is 11.3 Å². The summed E-state index contributed by atoms with van der Waals surface area (Å²) in [5.41, 5.74) is 2.50. The third-order valence-electron chi connectivity index (χ3n) is 8.45. The number of hydrogen-bond acceptors (Lipinski definition) is 8. The summed E-state index contributed by atoms with van der Waals surface area (Å²) in [4.78, 5) is 67.5. The van der Waals surface area contributed by atoms with Crippen LogP contribution in [0.1, 0.15) is 85.5 Å². The van der Waals surface area contributed by atoms with E-state index in [0.717, 1.165) is 12.0 Å². The molecule has 3 aromatic carbocycles. The van der Waals surface area contributed by atoms with Crippen molar-refractivity contribution in [1.82, 2.24) is 20.0 Å². The number of carbonyl (C=O) groups is 5. The van der Waals surface area contributed by atoms with Gasteiger partial charge in [0.05, 0.1) is 22.3 Å². The Morgan fingerprint density at radius 1 is 0.660 bits per heavy atom. The average Bonchev–Trinajstić information content (AvgIpc) is 3.48. The minimum atomic E-state index is -0.803. The van der Waals surface area contributed by atoms with E-state index in [2.05, 4.69) is 5.32 Å². The highest BCUT2D eigenvalue weighted by atomic mass is 16.5. The lowest BCUT2D eigenvalue weighted by molar-refractivity contribution is -0.00717. The van der Waals surface area contributed by atoms with Crippen molar-refractivity contribution in [2.24, 2.45) is 0 Å². The Bertz CT molecular complexity index is 1440. The number of nitrogens with zero attached hydrogens (tertiary/aromatic N) is 3. The van der Waals surface area contributed by atoms with Crippen LogP contribution in [0.15, 0.2) is 78.9 Å². The van der Waals surface area contributed by atoms with Crippen molar-refractivity contribution in [1.29, 1.82) is 0 Å². The summed E-state index contributed by atoms with van der Waals surface area (Å²) in [5, 5.41) is 13.9. The SMILES string of the molecule is O=C(NCCCCCC(O)N(CCCN1C(=O)c2ccccc2C1=O)CCCN1C(=O)c2ccccc2C1=O)OCc1ccccc1. The molecule has 5 rings (SSSR count). The summed E-state index contributed by atoms with van der Waals surface area (Å²) in [7, 11) is 0. The molecule has 246 valence electrons. The highest BCUT2D eigenvalue weighted by Crippen LogP contribution is 2.24. The normalized spacial score (nSPS) is 14.5. The van der Waals surface area contributed by atoms with Gasteiger partial charge < -0.3 is 15.2 Å². The van der Waals surface area contributed by atoms with Gasteiger partial charge in [-0.3, -0.25) is 33.9 Å². The number of unbranched alkanes of at least 4 members (excludes halogenated alkanes) is 2. The minimum Gasteiger partial charge on any atom is -0.445 e. The maximum Gasteiger partial charge on any atom is 0.407 e. The van der Waals surface area contributed by atoms with Crippen LogP contribution in [0.4, 0.5) is 4.79 Å². The van der Waals surface area contributed by atoms with Crippen molar-refractivity contribution in [3.05, 3.63) is 107 Å². The van der Waals surface area contributed by atoms with Crippen LogP contribution in [0.3, 0.4) is 0 Å². The average molecular weight is 641 g/mol. The first-order chi connectivity index (χ1) is 22.8. The largest absolute Gasteiger partial charge is 0.445 e. The molecular weight excluding hydrogens is 600 g/mol. The Hall–Kier alpha value is -4.87. The molecule has 5 amide bonds. The molecule has 47 heavy (non-hydrogen) atoms. The first-order valence-corrected chi connectivity index (χ1v) is 16.1. The van der Waals surface area contributed by atoms with Gasteiger partial charge in [-0.2, -0.15) is 0 Å². The van der Waals surface area contributed by atoms with Crippen LogP contribution < -0.4 is 5.32 Å². The molecule has 2 aliphatic rings. The zero-order valence-corrected chi connectivity index (χ0v) is 26.3. The van der Waals surface area contributed by atoms with Crippen molar-refractivity contribution in [3.8, 4) is 0 Å². The van der Waals surface area contributed by atoms with E-state index < -0.39 is 12.3 Å². The molecule has 0 spiro atoms. The predicted octanol–water partition coefficient (Wildman–Crippen LogP) is 4.47. The molecule has 2 heterocycles. The first-order valence-electron chi connectivity index (χ1n) is 16.1. The smallest absolute Gasteiger partial charge is 0.407 e. The standard InChI is InChI=1S/C36H40N4O7/c41-31(19-5-2-10-20-37-36(46)47-25-26-13-3-1-4-14-26)38(21-11-23-39-32(42)27-15-6-7-16-28(27)33(39)43)22-12-24-40-34(44)29-17-8-9-18-30(29)35(40)45/h1,3-4,6-9,13-18,31,41H,2,5,10-12,19-25H2,(H,37,46). The second kappa shape index (κ2) is 16.1. The number of imide groups is 2. The summed E-state index contributed by atoms with van der Waals surface area (Å²) in [6.45, 7) is 1.89. The fourth-order valence-corrected chi connectivity index (χ4v) is 5.93. The van der Waals surface area contributed by atoms with Gasteiger partial charge >= 0.3 is 6.09 Å². The summed E-state index contributed by atoms with van der Waals surface area (Å²) in [6, 6.07) is 22.9. The van der Waals surface area contributed by atoms with Gasteiger partial charge in [0.15, 0.2) is 0 Å². The molecular formula is C36H40N4O7. The number of fused-ring (bicyclic) bond motifs is 2. The Kier molecular flexibility index (Phi) is 11.5. The van der Waals surface area contributed by atoms with Gasteiger partial charge in [-0.05, 0) is 61.9 Å². The topological polar surface area (TPSA) is 137 Å². The van der Waals surface area contributed by atoms with E-state index in [1.165, 1.54) is 9.80 Å². The van der Waals surface area contributed by atoms with Crippen molar-refractivity contribution in [3.63, 3.8) is 0 Å². The molecule has 0 bridgehead atoms. The van der Waals surface area contributed by atoms with Gasteiger partial charge in [0.25, 0.3) is 23.6 Å². The monoisotopic (exact) mass is 640 g/mol. The quantitative estimate of drug-likeness (QED) is 0.125. The van der Waals surface area contributed by atoms with Gasteiger partial charge in [-0.15, -0.1) is 0 Å². The summed E-state index contributed by atoms with van der Waals surface area (Å²) in [5.74, 6) is -1.27. The first kappa shape index (κ1) is 33.5. The number of amides is 5. The maximum atomic E-state index is 12.8. The van der Waals surface area contributed by atoms with Crippen molar-refractivity contribution in [2.45, 2.75) is 51.4 Å². The Morgan fingerprint density at radius 2 is 1.13 bits per heavy atom. The number of hydrogen-bond donors (Lipinski definition) is 2. The van der Waals surface area contributed by atoms with Gasteiger partial charge in [0, 0.05) is 32.7 Å². The molecule has 0 fully saturated rings. The van der Waals surface area contributed by atoms with Crippen molar-refractivity contribution >= 4 is 29.7 Å². The van der Waals surface area contributed by atoms with E-state index in [-0.39, 0.29) is 43.3 Å². The third kappa shape index (κ3) is 8.30. The summed E-state index contributed by atoms with van der Waals surface area (Å²) < 4.78 is 5.23. The number of nitrogens with one attached hydrogen (secondary N) is 1. The number of benzene rings is 3. The summed E-state index contributed by atoms with van der Waals surface area (Å²) in [6.07, 6.45) is 2.28. The van der Waals surface area contributed by atoms with Crippen molar-refractivity contribution < 1.29 is 33.8 Å². The van der Waals surface area contributed by atoms with E-state index in [1.54, 1.807) is 48.5 Å². The lowest BCUT2D eigenvalue weighted by Gasteiger charge is -2.29. The molecule has 1 unspecified atom stereocenters. The van der Waals surface area contributed by atoms with Crippen molar-refractivity contribution in [2.75, 3.05) is 32.7 Å². The third-order valence-corrected chi connectivity index (χ3v) is 8.45. The van der Waals surface area contributed by atoms with Gasteiger partial charge in [0.2, 0.25) is 0 Å². The lowest BCUT2D eigenvalue weighted by Crippen LogP contribution is -2.40. The molecule has 0 aromatic heterocycles. The molecule has 0 saturated carbocycles. The zero-order valence-electron chi connectivity index (χ0n) is 26.3. The zero-order chi connectivity index (χ0) is 33.2. The van der Waals surface area contributed by atoms with Crippen LogP contribution in [-0.4, -0.2) is 88.5 Å². The number of aliphatic hydroxyl groups is 1. The van der Waals surface area contributed by atoms with E-state index in [1.807, 2.05) is 35.2 Å². The molecule has 1 atom stereocenters. The van der Waals surface area contributed by atoms with E-state index >= 15 is 0 Å². The second-order valence-corrected chi connectivity index (χ2v) is 11.7. The fourth-order valence-electron chi connectivity index (χ4n) is 5.93. The molecule has 3 aromatic rings. The molecule has 2 aliphatic heterocycles. The molecule has 11 heteroatoms. The number of rotatable bonds is 17. The molecule has 0 saturated heterocycles. The van der Waals surface area contributed by atoms with Crippen LogP contribution in [0.5, 0.6) is 0 Å². The van der Waals surface area contributed by atoms with E-state index in [4.69, 9.17) is 4.74 Å². The Balaban J connectivity index is 1.07. The van der Waals surface area contributed by atoms with Gasteiger partial charge in [-0.25, -0.2) is 4.79 Å². The fraction of sp³-hybridized carbons (Fsp3) is 0.361.